The molecule has 0 aromatic carbocycles. The first kappa shape index (κ1) is 14.3. The van der Waals surface area contributed by atoms with Crippen molar-refractivity contribution in [1.29, 1.82) is 0 Å². The minimum absolute atomic E-state index is 0.695. The van der Waals surface area contributed by atoms with Gasteiger partial charge in [-0.2, -0.15) is 0 Å². The average molecular weight is 327 g/mol. The van der Waals surface area contributed by atoms with E-state index in [1.807, 2.05) is 17.6 Å². The second-order valence-corrected chi connectivity index (χ2v) is 6.25. The zero-order valence-electron chi connectivity index (χ0n) is 12.6. The van der Waals surface area contributed by atoms with Crippen LogP contribution in [-0.2, 0) is 11.3 Å². The fraction of sp³-hybridized carbons (Fsp3) is 0.312. The Morgan fingerprint density at radius 3 is 2.87 bits per heavy atom. The first-order valence-electron chi connectivity index (χ1n) is 7.60. The SMILES string of the molecule is c1nc(NCc2ccc(N3CCOCC3)nc2)c2sccc2n1. The Labute approximate surface area is 138 Å². The molecule has 4 heterocycles. The second-order valence-electron chi connectivity index (χ2n) is 5.33. The van der Waals surface area contributed by atoms with E-state index in [4.69, 9.17) is 4.74 Å². The van der Waals surface area contributed by atoms with Crippen LogP contribution in [0.25, 0.3) is 10.2 Å². The van der Waals surface area contributed by atoms with E-state index >= 15 is 0 Å². The number of hydrogen-bond donors (Lipinski definition) is 1. The summed E-state index contributed by atoms with van der Waals surface area (Å²) in [6, 6.07) is 6.19. The molecule has 4 rings (SSSR count). The zero-order valence-corrected chi connectivity index (χ0v) is 13.4. The molecule has 0 unspecified atom stereocenters. The van der Waals surface area contributed by atoms with Gasteiger partial charge >= 0.3 is 0 Å². The van der Waals surface area contributed by atoms with E-state index in [2.05, 4.69) is 37.3 Å². The Bertz CT molecular complexity index is 783. The Hall–Kier alpha value is -2.25. The molecule has 0 saturated carbocycles. The van der Waals surface area contributed by atoms with Gasteiger partial charge in [-0.05, 0) is 23.1 Å². The van der Waals surface area contributed by atoms with Crippen molar-refractivity contribution in [2.75, 3.05) is 36.5 Å². The van der Waals surface area contributed by atoms with E-state index in [9.17, 15) is 0 Å². The van der Waals surface area contributed by atoms with Gasteiger partial charge in [0.2, 0.25) is 0 Å². The molecular weight excluding hydrogens is 310 g/mol. The monoisotopic (exact) mass is 327 g/mol. The van der Waals surface area contributed by atoms with Gasteiger partial charge in [-0.15, -0.1) is 11.3 Å². The van der Waals surface area contributed by atoms with Crippen molar-refractivity contribution in [2.24, 2.45) is 0 Å². The molecule has 0 bridgehead atoms. The van der Waals surface area contributed by atoms with E-state index < -0.39 is 0 Å². The number of nitrogens with zero attached hydrogens (tertiary/aromatic N) is 4. The summed E-state index contributed by atoms with van der Waals surface area (Å²) in [7, 11) is 0. The van der Waals surface area contributed by atoms with Crippen LogP contribution < -0.4 is 10.2 Å². The molecule has 1 saturated heterocycles. The van der Waals surface area contributed by atoms with Gasteiger partial charge in [0.15, 0.2) is 0 Å². The maximum absolute atomic E-state index is 5.37. The van der Waals surface area contributed by atoms with Crippen molar-refractivity contribution in [3.63, 3.8) is 0 Å². The highest BCUT2D eigenvalue weighted by Crippen LogP contribution is 2.25. The summed E-state index contributed by atoms with van der Waals surface area (Å²) in [6.45, 7) is 4.05. The van der Waals surface area contributed by atoms with Crippen LogP contribution in [0, 0.1) is 0 Å². The number of rotatable bonds is 4. The van der Waals surface area contributed by atoms with Gasteiger partial charge in [0, 0.05) is 25.8 Å². The van der Waals surface area contributed by atoms with Crippen LogP contribution in [0.2, 0.25) is 0 Å². The van der Waals surface area contributed by atoms with Crippen LogP contribution in [0.4, 0.5) is 11.6 Å². The number of anilines is 2. The lowest BCUT2D eigenvalue weighted by Gasteiger charge is -2.27. The highest BCUT2D eigenvalue weighted by Gasteiger charge is 2.12. The molecule has 0 spiro atoms. The molecule has 1 aliphatic heterocycles. The number of aromatic nitrogens is 3. The smallest absolute Gasteiger partial charge is 0.147 e. The van der Waals surface area contributed by atoms with E-state index in [0.717, 1.165) is 53.7 Å². The fourth-order valence-electron chi connectivity index (χ4n) is 2.60. The molecular formula is C16H17N5OS. The molecule has 0 aliphatic carbocycles. The zero-order chi connectivity index (χ0) is 15.5. The van der Waals surface area contributed by atoms with Crippen LogP contribution in [0.5, 0.6) is 0 Å². The Morgan fingerprint density at radius 1 is 1.13 bits per heavy atom. The number of ether oxygens (including phenoxy) is 1. The molecule has 0 radical (unpaired) electrons. The largest absolute Gasteiger partial charge is 0.378 e. The summed E-state index contributed by atoms with van der Waals surface area (Å²) in [5.41, 5.74) is 2.11. The van der Waals surface area contributed by atoms with Crippen LogP contribution >= 0.6 is 11.3 Å². The molecule has 1 N–H and O–H groups in total. The third-order valence-electron chi connectivity index (χ3n) is 3.85. The first-order chi connectivity index (χ1) is 11.4. The van der Waals surface area contributed by atoms with E-state index in [-0.39, 0.29) is 0 Å². The van der Waals surface area contributed by atoms with Gasteiger partial charge in [-0.3, -0.25) is 0 Å². The Balaban J connectivity index is 1.44. The number of fused-ring (bicyclic) bond motifs is 1. The molecule has 0 amide bonds. The van der Waals surface area contributed by atoms with Crippen molar-refractivity contribution in [3.05, 3.63) is 41.7 Å². The molecule has 1 fully saturated rings. The van der Waals surface area contributed by atoms with Gasteiger partial charge < -0.3 is 15.0 Å². The summed E-state index contributed by atoms with van der Waals surface area (Å²) in [5.74, 6) is 1.89. The summed E-state index contributed by atoms with van der Waals surface area (Å²) >= 11 is 1.65. The average Bonchev–Trinajstić information content (AvgIpc) is 3.10. The third kappa shape index (κ3) is 3.11. The lowest BCUT2D eigenvalue weighted by atomic mass is 10.2. The molecule has 3 aromatic heterocycles. The normalized spacial score (nSPS) is 15.0. The van der Waals surface area contributed by atoms with Crippen molar-refractivity contribution >= 4 is 33.2 Å². The molecule has 23 heavy (non-hydrogen) atoms. The Kier molecular flexibility index (Phi) is 4.04. The Morgan fingerprint density at radius 2 is 2.04 bits per heavy atom. The van der Waals surface area contributed by atoms with Crippen molar-refractivity contribution in [3.8, 4) is 0 Å². The van der Waals surface area contributed by atoms with E-state index in [1.165, 1.54) is 0 Å². The van der Waals surface area contributed by atoms with Crippen LogP contribution in [-0.4, -0.2) is 41.3 Å². The van der Waals surface area contributed by atoms with Crippen molar-refractivity contribution < 1.29 is 4.74 Å². The number of hydrogen-bond acceptors (Lipinski definition) is 7. The topological polar surface area (TPSA) is 63.2 Å². The quantitative estimate of drug-likeness (QED) is 0.794. The van der Waals surface area contributed by atoms with Crippen molar-refractivity contribution in [2.45, 2.75) is 6.54 Å². The van der Waals surface area contributed by atoms with Gasteiger partial charge in [0.05, 0.1) is 23.4 Å². The van der Waals surface area contributed by atoms with Gasteiger partial charge in [-0.25, -0.2) is 15.0 Å². The van der Waals surface area contributed by atoms with Crippen LogP contribution in [0.3, 0.4) is 0 Å². The fourth-order valence-corrected chi connectivity index (χ4v) is 3.41. The van der Waals surface area contributed by atoms with Gasteiger partial charge in [0.25, 0.3) is 0 Å². The standard InChI is InChI=1S/C16H17N5OS/c1-2-14(21-4-6-22-7-5-21)17-9-12(1)10-18-16-15-13(3-8-23-15)19-11-20-16/h1-3,8-9,11H,4-7,10H2,(H,18,19,20). The number of pyridine rings is 1. The summed E-state index contributed by atoms with van der Waals surface area (Å²) < 4.78 is 6.46. The molecule has 0 atom stereocenters. The second kappa shape index (κ2) is 6.47. The minimum Gasteiger partial charge on any atom is -0.378 e. The predicted molar refractivity (Wildman–Crippen MR) is 92.0 cm³/mol. The molecule has 6 nitrogen and oxygen atoms in total. The maximum Gasteiger partial charge on any atom is 0.147 e. The van der Waals surface area contributed by atoms with Gasteiger partial charge in [-0.1, -0.05) is 6.07 Å². The summed E-state index contributed by atoms with van der Waals surface area (Å²) in [6.07, 6.45) is 3.52. The predicted octanol–water partition coefficient (Wildman–Crippen LogP) is 2.54. The molecule has 7 heteroatoms. The maximum atomic E-state index is 5.37. The summed E-state index contributed by atoms with van der Waals surface area (Å²) in [4.78, 5) is 15.4. The lowest BCUT2D eigenvalue weighted by Crippen LogP contribution is -2.36. The van der Waals surface area contributed by atoms with Crippen LogP contribution in [0.1, 0.15) is 5.56 Å². The number of thiophene rings is 1. The van der Waals surface area contributed by atoms with Gasteiger partial charge in [0.1, 0.15) is 18.0 Å². The number of nitrogens with one attached hydrogen (secondary N) is 1. The molecule has 3 aromatic rings. The number of morpholine rings is 1. The summed E-state index contributed by atoms with van der Waals surface area (Å²) in [5, 5.41) is 5.41. The highest BCUT2D eigenvalue weighted by atomic mass is 32.1. The van der Waals surface area contributed by atoms with E-state index in [0.29, 0.717) is 6.54 Å². The first-order valence-corrected chi connectivity index (χ1v) is 8.48. The minimum atomic E-state index is 0.695. The van der Waals surface area contributed by atoms with Crippen molar-refractivity contribution in [1.82, 2.24) is 15.0 Å². The molecule has 118 valence electrons. The van der Waals surface area contributed by atoms with Crippen LogP contribution in [0.15, 0.2) is 36.1 Å². The molecule has 1 aliphatic rings. The third-order valence-corrected chi connectivity index (χ3v) is 4.76. The van der Waals surface area contributed by atoms with E-state index in [1.54, 1.807) is 17.7 Å². The lowest BCUT2D eigenvalue weighted by molar-refractivity contribution is 0.122. The highest BCUT2D eigenvalue weighted by molar-refractivity contribution is 7.17.